The van der Waals surface area contributed by atoms with Gasteiger partial charge in [0.15, 0.2) is 6.10 Å². The zero-order valence-electron chi connectivity index (χ0n) is 43.4. The summed E-state index contributed by atoms with van der Waals surface area (Å²) in [5, 5.41) is 0. The van der Waals surface area contributed by atoms with E-state index in [4.69, 9.17) is 18.5 Å². The Bertz CT molecular complexity index is 1300. The topological polar surface area (TPSA) is 108 Å². The van der Waals surface area contributed by atoms with Gasteiger partial charge in [0.25, 0.3) is 0 Å². The van der Waals surface area contributed by atoms with Crippen LogP contribution in [0.4, 0.5) is 0 Å². The number of carbonyl (C=O) groups excluding carboxylic acids is 2. The zero-order chi connectivity index (χ0) is 48.5. The van der Waals surface area contributed by atoms with E-state index in [1.54, 1.807) is 0 Å². The summed E-state index contributed by atoms with van der Waals surface area (Å²) in [5.41, 5.74) is 0. The summed E-state index contributed by atoms with van der Waals surface area (Å²) in [6, 6.07) is 0. The van der Waals surface area contributed by atoms with E-state index in [-0.39, 0.29) is 32.0 Å². The van der Waals surface area contributed by atoms with E-state index in [1.165, 1.54) is 154 Å². The first kappa shape index (κ1) is 63.7. The maximum absolute atomic E-state index is 12.7. The van der Waals surface area contributed by atoms with Gasteiger partial charge in [-0.2, -0.15) is 0 Å². The van der Waals surface area contributed by atoms with E-state index in [1.807, 2.05) is 33.3 Å². The summed E-state index contributed by atoms with van der Waals surface area (Å²) in [7, 11) is 1.43. The molecule has 0 heterocycles. The van der Waals surface area contributed by atoms with Gasteiger partial charge in [-0.05, 0) is 64.2 Å². The molecule has 0 aromatic rings. The van der Waals surface area contributed by atoms with Crippen LogP contribution in [0.25, 0.3) is 0 Å². The Morgan fingerprint density at radius 1 is 0.485 bits per heavy atom. The van der Waals surface area contributed by atoms with Crippen molar-refractivity contribution in [3.63, 3.8) is 0 Å². The van der Waals surface area contributed by atoms with Gasteiger partial charge in [-0.15, -0.1) is 0 Å². The molecule has 9 nitrogen and oxygen atoms in total. The molecule has 0 saturated carbocycles. The van der Waals surface area contributed by atoms with Crippen molar-refractivity contribution >= 4 is 19.8 Å². The van der Waals surface area contributed by atoms with Crippen LogP contribution in [0, 0.1) is 0 Å². The molecule has 0 aromatic heterocycles. The molecule has 0 aliphatic heterocycles. The number of ether oxygens (including phenoxy) is 2. The number of phosphoric ester groups is 1. The Balaban J connectivity index is 4.09. The summed E-state index contributed by atoms with van der Waals surface area (Å²) < 4.78 is 34.3. The van der Waals surface area contributed by atoms with Crippen LogP contribution in [0.15, 0.2) is 60.8 Å². The number of quaternary nitrogens is 1. The molecular weight excluding hydrogens is 846 g/mol. The lowest BCUT2D eigenvalue weighted by Gasteiger charge is -2.24. The summed E-state index contributed by atoms with van der Waals surface area (Å²) in [6.07, 6.45) is 60.4. The number of carbonyl (C=O) groups is 2. The molecule has 2 atom stereocenters. The summed E-state index contributed by atoms with van der Waals surface area (Å²) >= 11 is 0. The molecule has 0 saturated heterocycles. The number of likely N-dealkylation sites (N-methyl/N-ethyl adjacent to an activating group) is 1. The van der Waals surface area contributed by atoms with Crippen LogP contribution in [0.3, 0.4) is 0 Å². The molecule has 1 N–H and O–H groups in total. The number of allylic oxidation sites excluding steroid dienone is 10. The highest BCUT2D eigenvalue weighted by Crippen LogP contribution is 2.43. The molecule has 0 amide bonds. The van der Waals surface area contributed by atoms with Gasteiger partial charge in [-0.3, -0.25) is 18.6 Å². The van der Waals surface area contributed by atoms with Crippen LogP contribution in [-0.4, -0.2) is 74.9 Å². The molecule has 0 aliphatic rings. The lowest BCUT2D eigenvalue weighted by Crippen LogP contribution is -2.37. The Hall–Kier alpha value is -2.29. The summed E-state index contributed by atoms with van der Waals surface area (Å²) in [5.74, 6) is -0.889. The van der Waals surface area contributed by atoms with Crippen LogP contribution in [0.1, 0.15) is 232 Å². The molecule has 0 aliphatic carbocycles. The summed E-state index contributed by atoms with van der Waals surface area (Å²) in [6.45, 7) is 4.24. The molecule has 0 aromatic carbocycles. The molecule has 0 spiro atoms. The van der Waals surface area contributed by atoms with Gasteiger partial charge in [0.2, 0.25) is 0 Å². The molecule has 66 heavy (non-hydrogen) atoms. The third kappa shape index (κ3) is 51.1. The molecule has 0 bridgehead atoms. The number of hydrogen-bond acceptors (Lipinski definition) is 7. The van der Waals surface area contributed by atoms with Crippen molar-refractivity contribution in [1.29, 1.82) is 0 Å². The molecule has 0 radical (unpaired) electrons. The maximum atomic E-state index is 12.7. The van der Waals surface area contributed by atoms with Gasteiger partial charge < -0.3 is 18.9 Å². The van der Waals surface area contributed by atoms with Crippen molar-refractivity contribution < 1.29 is 42.1 Å². The average Bonchev–Trinajstić information content (AvgIpc) is 3.27. The third-order valence-electron chi connectivity index (χ3n) is 11.5. The van der Waals surface area contributed by atoms with Gasteiger partial charge in [-0.1, -0.05) is 216 Å². The fourth-order valence-corrected chi connectivity index (χ4v) is 8.12. The first-order valence-corrected chi connectivity index (χ1v) is 28.5. The van der Waals surface area contributed by atoms with E-state index in [0.717, 1.165) is 44.9 Å². The standard InChI is InChI=1S/C56H102NO8P/c1-6-8-10-12-14-16-18-20-21-22-23-24-25-26-27-28-29-30-31-32-33-34-35-37-38-40-42-44-46-48-55(58)62-52-54(53-64-66(60,61)63-51-50-57(3,4)5)65-56(59)49-47-45-43-41-39-36-19-17-15-13-11-9-7-2/h9,11,15,17,22-23,36,39,43,45,54H,6-8,10,12-14,16,18-21,24-35,37-38,40-42,44,46-53H2,1-5H3/p+1/b11-9-,17-15-,23-22-,39-36-,45-43-. The van der Waals surface area contributed by atoms with Crippen LogP contribution in [-0.2, 0) is 32.7 Å². The highest BCUT2D eigenvalue weighted by molar-refractivity contribution is 7.47. The Kier molecular flexibility index (Phi) is 46.1. The predicted octanol–water partition coefficient (Wildman–Crippen LogP) is 16.4. The quantitative estimate of drug-likeness (QED) is 0.0211. The lowest BCUT2D eigenvalue weighted by molar-refractivity contribution is -0.870. The average molecular weight is 949 g/mol. The van der Waals surface area contributed by atoms with E-state index in [2.05, 4.69) is 62.5 Å². The first-order valence-electron chi connectivity index (χ1n) is 27.0. The Labute approximate surface area is 406 Å². The number of nitrogens with zero attached hydrogens (tertiary/aromatic N) is 1. The molecule has 2 unspecified atom stereocenters. The second-order valence-corrected chi connectivity index (χ2v) is 20.7. The number of unbranched alkanes of at least 4 members (excludes halogenated alkanes) is 25. The van der Waals surface area contributed by atoms with Crippen molar-refractivity contribution in [2.45, 2.75) is 238 Å². The minimum absolute atomic E-state index is 0.0180. The summed E-state index contributed by atoms with van der Waals surface area (Å²) in [4.78, 5) is 35.5. The highest BCUT2D eigenvalue weighted by Gasteiger charge is 2.27. The minimum atomic E-state index is -4.40. The number of esters is 2. The van der Waals surface area contributed by atoms with Gasteiger partial charge in [0, 0.05) is 12.8 Å². The number of hydrogen-bond donors (Lipinski definition) is 1. The van der Waals surface area contributed by atoms with Crippen LogP contribution in [0.5, 0.6) is 0 Å². The largest absolute Gasteiger partial charge is 0.472 e. The van der Waals surface area contributed by atoms with Crippen molar-refractivity contribution in [3.8, 4) is 0 Å². The number of phosphoric acid groups is 1. The monoisotopic (exact) mass is 949 g/mol. The van der Waals surface area contributed by atoms with Crippen molar-refractivity contribution in [2.75, 3.05) is 47.5 Å². The van der Waals surface area contributed by atoms with E-state index < -0.39 is 26.5 Å². The van der Waals surface area contributed by atoms with Crippen LogP contribution < -0.4 is 0 Å². The molecule has 0 rings (SSSR count). The Morgan fingerprint density at radius 3 is 1.35 bits per heavy atom. The zero-order valence-corrected chi connectivity index (χ0v) is 44.3. The van der Waals surface area contributed by atoms with Gasteiger partial charge in [0.05, 0.1) is 27.7 Å². The molecule has 384 valence electrons. The van der Waals surface area contributed by atoms with Crippen LogP contribution in [0.2, 0.25) is 0 Å². The molecule has 0 fully saturated rings. The van der Waals surface area contributed by atoms with E-state index >= 15 is 0 Å². The van der Waals surface area contributed by atoms with Crippen LogP contribution >= 0.6 is 7.82 Å². The predicted molar refractivity (Wildman–Crippen MR) is 279 cm³/mol. The van der Waals surface area contributed by atoms with Gasteiger partial charge >= 0.3 is 19.8 Å². The minimum Gasteiger partial charge on any atom is -0.462 e. The number of rotatable bonds is 49. The fraction of sp³-hybridized carbons (Fsp3) is 0.786. The second-order valence-electron chi connectivity index (χ2n) is 19.2. The van der Waals surface area contributed by atoms with Gasteiger partial charge in [-0.25, -0.2) is 4.57 Å². The van der Waals surface area contributed by atoms with Gasteiger partial charge in [0.1, 0.15) is 19.8 Å². The molecule has 10 heteroatoms. The van der Waals surface area contributed by atoms with Crippen molar-refractivity contribution in [2.24, 2.45) is 0 Å². The van der Waals surface area contributed by atoms with E-state index in [0.29, 0.717) is 17.4 Å². The first-order chi connectivity index (χ1) is 32.0. The molecular formula is C56H103NO8P+. The van der Waals surface area contributed by atoms with Crippen molar-refractivity contribution in [1.82, 2.24) is 0 Å². The fourth-order valence-electron chi connectivity index (χ4n) is 7.38. The van der Waals surface area contributed by atoms with Crippen molar-refractivity contribution in [3.05, 3.63) is 60.8 Å². The van der Waals surface area contributed by atoms with E-state index in [9.17, 15) is 19.0 Å². The lowest BCUT2D eigenvalue weighted by atomic mass is 10.0. The highest BCUT2D eigenvalue weighted by atomic mass is 31.2. The third-order valence-corrected chi connectivity index (χ3v) is 12.5. The normalized spacial score (nSPS) is 13.8. The Morgan fingerprint density at radius 2 is 0.894 bits per heavy atom. The smallest absolute Gasteiger partial charge is 0.462 e. The second kappa shape index (κ2) is 47.8. The SMILES string of the molecule is CC/C=C\C/C=C\C/C=C\C/C=C\CCC(=O)OC(COC(=O)CCCCCCCCCCCCCCCCCCC/C=C\CCCCCCCCCC)COP(=O)(O)OCC[N+](C)(C)C. The maximum Gasteiger partial charge on any atom is 0.472 e.